The minimum absolute atomic E-state index is 0.112. The fourth-order valence-electron chi connectivity index (χ4n) is 3.29. The van der Waals surface area contributed by atoms with Gasteiger partial charge in [-0.2, -0.15) is 0 Å². The summed E-state index contributed by atoms with van der Waals surface area (Å²) >= 11 is 0. The van der Waals surface area contributed by atoms with Crippen molar-refractivity contribution in [3.8, 4) is 11.5 Å². The summed E-state index contributed by atoms with van der Waals surface area (Å²) in [6.45, 7) is 6.14. The second-order valence-electron chi connectivity index (χ2n) is 6.39. The molecule has 0 spiro atoms. The van der Waals surface area contributed by atoms with Crippen LogP contribution >= 0.6 is 0 Å². The van der Waals surface area contributed by atoms with Crippen molar-refractivity contribution in [1.29, 1.82) is 0 Å². The molecule has 0 radical (unpaired) electrons. The van der Waals surface area contributed by atoms with E-state index < -0.39 is 0 Å². The highest BCUT2D eigenvalue weighted by Crippen LogP contribution is 2.24. The molecule has 2 rings (SSSR count). The van der Waals surface area contributed by atoms with Gasteiger partial charge in [0.2, 0.25) is 5.91 Å². The molecule has 1 aromatic carbocycles. The molecule has 1 aromatic rings. The summed E-state index contributed by atoms with van der Waals surface area (Å²) in [6.07, 6.45) is 4.07. The van der Waals surface area contributed by atoms with Crippen molar-refractivity contribution < 1.29 is 14.3 Å². The van der Waals surface area contributed by atoms with Crippen molar-refractivity contribution in [2.75, 3.05) is 33.9 Å². The first-order valence-electron chi connectivity index (χ1n) is 8.86. The number of amides is 1. The molecule has 0 unspecified atom stereocenters. The van der Waals surface area contributed by atoms with Crippen molar-refractivity contribution in [2.45, 2.75) is 39.2 Å². The van der Waals surface area contributed by atoms with Crippen LogP contribution in [0, 0.1) is 5.92 Å². The number of piperidine rings is 1. The predicted molar refractivity (Wildman–Crippen MR) is 95.5 cm³/mol. The second-order valence-corrected chi connectivity index (χ2v) is 6.39. The van der Waals surface area contributed by atoms with Crippen molar-refractivity contribution in [1.82, 2.24) is 10.2 Å². The van der Waals surface area contributed by atoms with Gasteiger partial charge in [-0.1, -0.05) is 6.92 Å². The van der Waals surface area contributed by atoms with Crippen LogP contribution in [-0.2, 0) is 11.3 Å². The number of ether oxygens (including phenoxy) is 2. The number of carbonyl (C=O) groups excluding carboxylic acids is 1. The molecule has 1 saturated heterocycles. The van der Waals surface area contributed by atoms with Crippen LogP contribution in [0.2, 0.25) is 0 Å². The lowest BCUT2D eigenvalue weighted by Crippen LogP contribution is -2.35. The van der Waals surface area contributed by atoms with Crippen LogP contribution in [0.4, 0.5) is 0 Å². The Morgan fingerprint density at radius 2 is 2.17 bits per heavy atom. The summed E-state index contributed by atoms with van der Waals surface area (Å²) < 4.78 is 10.6. The molecular formula is C19H30N2O3. The third kappa shape index (κ3) is 5.41. The first-order valence-corrected chi connectivity index (χ1v) is 8.86. The molecule has 134 valence electrons. The van der Waals surface area contributed by atoms with Gasteiger partial charge in [-0.3, -0.25) is 4.79 Å². The normalized spacial score (nSPS) is 18.2. The first-order chi connectivity index (χ1) is 11.7. The summed E-state index contributed by atoms with van der Waals surface area (Å²) in [5.74, 6) is 2.25. The summed E-state index contributed by atoms with van der Waals surface area (Å²) in [5, 5.41) is 3.00. The van der Waals surface area contributed by atoms with E-state index in [0.717, 1.165) is 36.6 Å². The molecule has 1 atom stereocenters. The van der Waals surface area contributed by atoms with Crippen LogP contribution in [0.25, 0.3) is 0 Å². The lowest BCUT2D eigenvalue weighted by atomic mass is 9.93. The molecule has 24 heavy (non-hydrogen) atoms. The highest BCUT2D eigenvalue weighted by Gasteiger charge is 2.19. The summed E-state index contributed by atoms with van der Waals surface area (Å²) in [4.78, 5) is 14.6. The fourth-order valence-corrected chi connectivity index (χ4v) is 3.29. The second kappa shape index (κ2) is 9.52. The Kier molecular flexibility index (Phi) is 7.37. The highest BCUT2D eigenvalue weighted by atomic mass is 16.5. The van der Waals surface area contributed by atoms with Crippen LogP contribution in [0.3, 0.4) is 0 Å². The topological polar surface area (TPSA) is 50.8 Å². The van der Waals surface area contributed by atoms with Crippen LogP contribution < -0.4 is 14.8 Å². The standard InChI is InChI=1S/C19H30N2O3/c1-4-21-11-5-6-15(14-21)7-10-19(22)20-13-16-8-9-17(23-2)12-18(16)24-3/h8-9,12,15H,4-7,10-11,13-14H2,1-3H3,(H,20,22)/t15-/m0/s1. The average molecular weight is 334 g/mol. The molecule has 0 aliphatic carbocycles. The van der Waals surface area contributed by atoms with E-state index in [0.29, 0.717) is 18.9 Å². The van der Waals surface area contributed by atoms with Crippen molar-refractivity contribution in [3.63, 3.8) is 0 Å². The molecule has 5 nitrogen and oxygen atoms in total. The van der Waals surface area contributed by atoms with E-state index >= 15 is 0 Å². The monoisotopic (exact) mass is 334 g/mol. The number of benzene rings is 1. The lowest BCUT2D eigenvalue weighted by Gasteiger charge is -2.31. The lowest BCUT2D eigenvalue weighted by molar-refractivity contribution is -0.121. The van der Waals surface area contributed by atoms with Gasteiger partial charge in [-0.25, -0.2) is 0 Å². The molecule has 1 aliphatic heterocycles. The quantitative estimate of drug-likeness (QED) is 0.794. The molecule has 0 saturated carbocycles. The minimum Gasteiger partial charge on any atom is -0.497 e. The molecule has 5 heteroatoms. The Hall–Kier alpha value is -1.75. The summed E-state index contributed by atoms with van der Waals surface area (Å²) in [6, 6.07) is 5.65. The van der Waals surface area contributed by atoms with E-state index in [-0.39, 0.29) is 5.91 Å². The zero-order chi connectivity index (χ0) is 17.4. The van der Waals surface area contributed by atoms with Gasteiger partial charge < -0.3 is 19.7 Å². The van der Waals surface area contributed by atoms with Crippen LogP contribution in [0.1, 0.15) is 38.2 Å². The van der Waals surface area contributed by atoms with Gasteiger partial charge in [0, 0.05) is 31.1 Å². The Morgan fingerprint density at radius 3 is 2.88 bits per heavy atom. The SMILES string of the molecule is CCN1CCC[C@@H](CCC(=O)NCc2ccc(OC)cc2OC)C1. The van der Waals surface area contributed by atoms with E-state index in [1.54, 1.807) is 14.2 Å². The maximum atomic E-state index is 12.1. The fraction of sp³-hybridized carbons (Fsp3) is 0.632. The van der Waals surface area contributed by atoms with E-state index in [4.69, 9.17) is 9.47 Å². The van der Waals surface area contributed by atoms with Gasteiger partial charge in [0.25, 0.3) is 0 Å². The van der Waals surface area contributed by atoms with Gasteiger partial charge in [-0.05, 0) is 50.4 Å². The zero-order valence-corrected chi connectivity index (χ0v) is 15.1. The van der Waals surface area contributed by atoms with Gasteiger partial charge in [-0.15, -0.1) is 0 Å². The smallest absolute Gasteiger partial charge is 0.220 e. The van der Waals surface area contributed by atoms with Gasteiger partial charge in [0.05, 0.1) is 14.2 Å². The number of nitrogens with one attached hydrogen (secondary N) is 1. The molecule has 0 aromatic heterocycles. The number of rotatable bonds is 8. The summed E-state index contributed by atoms with van der Waals surface area (Å²) in [7, 11) is 3.25. The molecule has 1 aliphatic rings. The maximum Gasteiger partial charge on any atom is 0.220 e. The molecule has 0 bridgehead atoms. The van der Waals surface area contributed by atoms with E-state index in [1.165, 1.54) is 19.4 Å². The van der Waals surface area contributed by atoms with E-state index in [9.17, 15) is 4.79 Å². The van der Waals surface area contributed by atoms with Crippen molar-refractivity contribution in [3.05, 3.63) is 23.8 Å². The minimum atomic E-state index is 0.112. The third-order valence-electron chi connectivity index (χ3n) is 4.80. The number of nitrogens with zero attached hydrogens (tertiary/aromatic N) is 1. The Morgan fingerprint density at radius 1 is 1.33 bits per heavy atom. The number of methoxy groups -OCH3 is 2. The Bertz CT molecular complexity index is 533. The van der Waals surface area contributed by atoms with Crippen LogP contribution in [-0.4, -0.2) is 44.7 Å². The third-order valence-corrected chi connectivity index (χ3v) is 4.80. The van der Waals surface area contributed by atoms with Gasteiger partial charge in [0.1, 0.15) is 11.5 Å². The molecule has 1 amide bonds. The van der Waals surface area contributed by atoms with Crippen molar-refractivity contribution >= 4 is 5.91 Å². The van der Waals surface area contributed by atoms with E-state index in [1.807, 2.05) is 18.2 Å². The average Bonchev–Trinajstić information content (AvgIpc) is 2.64. The van der Waals surface area contributed by atoms with Crippen molar-refractivity contribution in [2.24, 2.45) is 5.92 Å². The first kappa shape index (κ1) is 18.6. The molecule has 1 heterocycles. The van der Waals surface area contributed by atoms with Crippen LogP contribution in [0.15, 0.2) is 18.2 Å². The molecule has 1 N–H and O–H groups in total. The largest absolute Gasteiger partial charge is 0.497 e. The predicted octanol–water partition coefficient (Wildman–Crippen LogP) is 2.83. The summed E-state index contributed by atoms with van der Waals surface area (Å²) in [5.41, 5.74) is 0.960. The van der Waals surface area contributed by atoms with Gasteiger partial charge >= 0.3 is 0 Å². The zero-order valence-electron chi connectivity index (χ0n) is 15.1. The Balaban J connectivity index is 1.77. The molecule has 1 fully saturated rings. The highest BCUT2D eigenvalue weighted by molar-refractivity contribution is 5.75. The molecular weight excluding hydrogens is 304 g/mol. The number of likely N-dealkylation sites (tertiary alicyclic amines) is 1. The number of carbonyl (C=O) groups is 1. The number of hydrogen-bond donors (Lipinski definition) is 1. The number of hydrogen-bond acceptors (Lipinski definition) is 4. The maximum absolute atomic E-state index is 12.1. The Labute approximate surface area is 145 Å². The van der Waals surface area contributed by atoms with E-state index in [2.05, 4.69) is 17.1 Å². The van der Waals surface area contributed by atoms with Gasteiger partial charge in [0.15, 0.2) is 0 Å². The van der Waals surface area contributed by atoms with Crippen LogP contribution in [0.5, 0.6) is 11.5 Å².